The number of nitrogens with zero attached hydrogens (tertiary/aromatic N) is 2. The van der Waals surface area contributed by atoms with Crippen molar-refractivity contribution in [2.24, 2.45) is 11.8 Å². The van der Waals surface area contributed by atoms with Crippen LogP contribution in [0.1, 0.15) is 37.8 Å². The highest BCUT2D eigenvalue weighted by molar-refractivity contribution is 5.80. The number of carbonyl (C=O) groups is 2. The van der Waals surface area contributed by atoms with Gasteiger partial charge in [0.05, 0.1) is 18.2 Å². The maximum Gasteiger partial charge on any atom is 0.317 e. The molecule has 6 heteroatoms. The van der Waals surface area contributed by atoms with Crippen LogP contribution in [0.15, 0.2) is 30.3 Å². The number of amides is 3. The number of rotatable bonds is 4. The highest BCUT2D eigenvalue weighted by Crippen LogP contribution is 2.37. The van der Waals surface area contributed by atoms with E-state index in [2.05, 4.69) is 17.4 Å². The molecular formula is C21H29N3O3. The van der Waals surface area contributed by atoms with Gasteiger partial charge in [-0.3, -0.25) is 4.79 Å². The van der Waals surface area contributed by atoms with E-state index in [0.29, 0.717) is 32.0 Å². The van der Waals surface area contributed by atoms with Crippen molar-refractivity contribution in [2.45, 2.75) is 44.4 Å². The maximum atomic E-state index is 12.8. The zero-order valence-electron chi connectivity index (χ0n) is 16.1. The molecule has 2 heterocycles. The van der Waals surface area contributed by atoms with Crippen LogP contribution in [-0.4, -0.2) is 60.6 Å². The summed E-state index contributed by atoms with van der Waals surface area (Å²) in [5.41, 5.74) is 1.12. The fraction of sp³-hybridized carbons (Fsp3) is 0.619. The molecule has 146 valence electrons. The van der Waals surface area contributed by atoms with Gasteiger partial charge in [0.25, 0.3) is 0 Å². The van der Waals surface area contributed by atoms with E-state index < -0.39 is 0 Å². The van der Waals surface area contributed by atoms with Gasteiger partial charge < -0.3 is 19.9 Å². The van der Waals surface area contributed by atoms with Crippen molar-refractivity contribution < 1.29 is 14.3 Å². The number of ether oxygens (including phenoxy) is 1. The molecule has 0 bridgehead atoms. The summed E-state index contributed by atoms with van der Waals surface area (Å²) in [5.74, 6) is 0.843. The van der Waals surface area contributed by atoms with E-state index in [4.69, 9.17) is 4.74 Å². The molecule has 1 N–H and O–H groups in total. The lowest BCUT2D eigenvalue weighted by Crippen LogP contribution is -2.53. The summed E-state index contributed by atoms with van der Waals surface area (Å²) >= 11 is 0. The Balaban J connectivity index is 1.38. The Morgan fingerprint density at radius 1 is 1.22 bits per heavy atom. The minimum absolute atomic E-state index is 0.0156. The second-order valence-corrected chi connectivity index (χ2v) is 8.24. The second kappa shape index (κ2) is 7.50. The highest BCUT2D eigenvalue weighted by Gasteiger charge is 2.40. The Hall–Kier alpha value is -2.08. The second-order valence-electron chi connectivity index (χ2n) is 8.24. The van der Waals surface area contributed by atoms with Crippen LogP contribution in [0, 0.1) is 11.8 Å². The van der Waals surface area contributed by atoms with Gasteiger partial charge in [-0.25, -0.2) is 4.79 Å². The Labute approximate surface area is 160 Å². The zero-order valence-corrected chi connectivity index (χ0v) is 16.1. The number of nitrogens with one attached hydrogen (secondary N) is 1. The molecule has 3 amide bonds. The third kappa shape index (κ3) is 3.95. The topological polar surface area (TPSA) is 61.9 Å². The number of likely N-dealkylation sites (tertiary alicyclic amines) is 1. The van der Waals surface area contributed by atoms with Crippen LogP contribution in [0.3, 0.4) is 0 Å². The fourth-order valence-electron chi connectivity index (χ4n) is 4.49. The standard InChI is InChI=1S/C21H29N3O3/c1-14-12-24(13-18(27-14)15-8-9-15)21(26)22-11-17-10-19(25)23(2)20(17)16-6-4-3-5-7-16/h3-7,14-15,17-18,20H,8-13H2,1-2H3,(H,22,26)/t14?,17-,18?,20-/m0/s1. The van der Waals surface area contributed by atoms with Crippen LogP contribution >= 0.6 is 0 Å². The van der Waals surface area contributed by atoms with Crippen LogP contribution in [0.5, 0.6) is 0 Å². The van der Waals surface area contributed by atoms with Crippen molar-refractivity contribution in [3.63, 3.8) is 0 Å². The summed E-state index contributed by atoms with van der Waals surface area (Å²) in [4.78, 5) is 28.7. The van der Waals surface area contributed by atoms with E-state index in [1.54, 1.807) is 0 Å². The van der Waals surface area contributed by atoms with Crippen LogP contribution in [-0.2, 0) is 9.53 Å². The van der Waals surface area contributed by atoms with Crippen LogP contribution in [0.4, 0.5) is 4.79 Å². The molecule has 1 aromatic rings. The lowest BCUT2D eigenvalue weighted by atomic mass is 9.93. The Morgan fingerprint density at radius 2 is 1.96 bits per heavy atom. The van der Waals surface area contributed by atoms with Crippen molar-refractivity contribution in [3.05, 3.63) is 35.9 Å². The van der Waals surface area contributed by atoms with Gasteiger partial charge in [0.1, 0.15) is 0 Å². The summed E-state index contributed by atoms with van der Waals surface area (Å²) < 4.78 is 6.00. The molecule has 2 aliphatic heterocycles. The number of urea groups is 1. The van der Waals surface area contributed by atoms with Gasteiger partial charge in [0.15, 0.2) is 0 Å². The predicted octanol–water partition coefficient (Wildman–Crippen LogP) is 2.41. The average Bonchev–Trinajstić information content (AvgIpc) is 3.47. The van der Waals surface area contributed by atoms with E-state index in [9.17, 15) is 9.59 Å². The van der Waals surface area contributed by atoms with E-state index in [-0.39, 0.29) is 36.1 Å². The molecule has 3 aliphatic rings. The maximum absolute atomic E-state index is 12.8. The Morgan fingerprint density at radius 3 is 2.67 bits per heavy atom. The first-order valence-corrected chi connectivity index (χ1v) is 10.0. The molecule has 0 aromatic heterocycles. The molecule has 2 unspecified atom stereocenters. The van der Waals surface area contributed by atoms with E-state index in [1.165, 1.54) is 12.8 Å². The Kier molecular flexibility index (Phi) is 5.08. The lowest BCUT2D eigenvalue weighted by Gasteiger charge is -2.37. The highest BCUT2D eigenvalue weighted by atomic mass is 16.5. The molecule has 4 atom stereocenters. The number of hydrogen-bond acceptors (Lipinski definition) is 3. The minimum atomic E-state index is -0.0374. The molecule has 0 spiro atoms. The summed E-state index contributed by atoms with van der Waals surface area (Å²) in [5, 5.41) is 3.09. The fourth-order valence-corrected chi connectivity index (χ4v) is 4.49. The van der Waals surface area contributed by atoms with Gasteiger partial charge in [0, 0.05) is 39.0 Å². The van der Waals surface area contributed by atoms with Crippen molar-refractivity contribution in [2.75, 3.05) is 26.7 Å². The van der Waals surface area contributed by atoms with Gasteiger partial charge >= 0.3 is 6.03 Å². The summed E-state index contributed by atoms with van der Waals surface area (Å²) in [6.45, 7) is 3.84. The average molecular weight is 371 g/mol. The van der Waals surface area contributed by atoms with Gasteiger partial charge in [-0.15, -0.1) is 0 Å². The van der Waals surface area contributed by atoms with Crippen LogP contribution in [0.2, 0.25) is 0 Å². The molecule has 27 heavy (non-hydrogen) atoms. The molecule has 6 nitrogen and oxygen atoms in total. The normalized spacial score (nSPS) is 31.3. The van der Waals surface area contributed by atoms with Crippen molar-refractivity contribution in [1.29, 1.82) is 0 Å². The van der Waals surface area contributed by atoms with Gasteiger partial charge in [-0.2, -0.15) is 0 Å². The minimum Gasteiger partial charge on any atom is -0.371 e. The first kappa shape index (κ1) is 18.3. The molecule has 1 saturated carbocycles. The van der Waals surface area contributed by atoms with Crippen molar-refractivity contribution >= 4 is 11.9 Å². The smallest absolute Gasteiger partial charge is 0.317 e. The van der Waals surface area contributed by atoms with E-state index in [0.717, 1.165) is 5.56 Å². The molecule has 1 aromatic carbocycles. The third-order valence-electron chi connectivity index (χ3n) is 6.07. The molecular weight excluding hydrogens is 342 g/mol. The monoisotopic (exact) mass is 371 g/mol. The first-order valence-electron chi connectivity index (χ1n) is 10.0. The largest absolute Gasteiger partial charge is 0.371 e. The summed E-state index contributed by atoms with van der Waals surface area (Å²) in [6, 6.07) is 10.1. The molecule has 1 aliphatic carbocycles. The van der Waals surface area contributed by atoms with Crippen LogP contribution in [0.25, 0.3) is 0 Å². The Bertz CT molecular complexity index is 691. The van der Waals surface area contributed by atoms with Gasteiger partial charge in [-0.05, 0) is 31.2 Å². The molecule has 2 saturated heterocycles. The SMILES string of the molecule is CC1CN(C(=O)NC[C@@H]2CC(=O)N(C)[C@H]2c2ccccc2)CC(C2CC2)O1. The number of benzene rings is 1. The third-order valence-corrected chi connectivity index (χ3v) is 6.07. The van der Waals surface area contributed by atoms with Gasteiger partial charge in [-0.1, -0.05) is 30.3 Å². The van der Waals surface area contributed by atoms with E-state index in [1.807, 2.05) is 42.0 Å². The summed E-state index contributed by atoms with van der Waals surface area (Å²) in [7, 11) is 1.85. The first-order chi connectivity index (χ1) is 13.0. The molecule has 0 radical (unpaired) electrons. The number of carbonyl (C=O) groups excluding carboxylic acids is 2. The van der Waals surface area contributed by atoms with E-state index >= 15 is 0 Å². The van der Waals surface area contributed by atoms with Crippen molar-refractivity contribution in [3.8, 4) is 0 Å². The lowest BCUT2D eigenvalue weighted by molar-refractivity contribution is -0.127. The summed E-state index contributed by atoms with van der Waals surface area (Å²) in [6.07, 6.45) is 3.15. The zero-order chi connectivity index (χ0) is 19.0. The van der Waals surface area contributed by atoms with Gasteiger partial charge in [0.2, 0.25) is 5.91 Å². The van der Waals surface area contributed by atoms with Crippen LogP contribution < -0.4 is 5.32 Å². The van der Waals surface area contributed by atoms with Crippen molar-refractivity contribution in [1.82, 2.24) is 15.1 Å². The molecule has 3 fully saturated rings. The molecule has 4 rings (SSSR count). The predicted molar refractivity (Wildman–Crippen MR) is 102 cm³/mol. The number of morpholine rings is 1. The number of hydrogen-bond donors (Lipinski definition) is 1. The quantitative estimate of drug-likeness (QED) is 0.884.